The van der Waals surface area contributed by atoms with Crippen LogP contribution in [-0.2, 0) is 17.6 Å². The van der Waals surface area contributed by atoms with Crippen molar-refractivity contribution in [1.29, 1.82) is 0 Å². The van der Waals surface area contributed by atoms with E-state index in [1.165, 1.54) is 5.56 Å². The molecule has 0 spiro atoms. The van der Waals surface area contributed by atoms with Gasteiger partial charge in [0.05, 0.1) is 18.7 Å². The number of morpholine rings is 1. The van der Waals surface area contributed by atoms with E-state index >= 15 is 0 Å². The number of hydrogen-bond donors (Lipinski definition) is 2. The molecular formula is C27H31BrN4O2. The summed E-state index contributed by atoms with van der Waals surface area (Å²) in [5, 5.41) is 12.6. The molecule has 178 valence electrons. The number of aromatic hydroxyl groups is 1. The number of ether oxygens (including phenoxy) is 1. The van der Waals surface area contributed by atoms with Crippen LogP contribution >= 0.6 is 15.9 Å². The van der Waals surface area contributed by atoms with E-state index in [0.717, 1.165) is 84.0 Å². The maximum atomic E-state index is 9.38. The Morgan fingerprint density at radius 1 is 1.00 bits per heavy atom. The first kappa shape index (κ1) is 24.4. The molecule has 0 amide bonds. The number of halogens is 1. The molecule has 4 aromatic rings. The number of phenols is 1. The summed E-state index contributed by atoms with van der Waals surface area (Å²) < 4.78 is 5.19. The van der Waals surface area contributed by atoms with Crippen LogP contribution in [0.3, 0.4) is 0 Å². The lowest BCUT2D eigenvalue weighted by Crippen LogP contribution is -2.37. The maximum absolute atomic E-state index is 9.38. The molecule has 34 heavy (non-hydrogen) atoms. The van der Waals surface area contributed by atoms with E-state index in [1.54, 1.807) is 12.1 Å². The van der Waals surface area contributed by atoms with Crippen molar-refractivity contribution in [3.63, 3.8) is 0 Å². The average Bonchev–Trinajstić information content (AvgIpc) is 2.85. The molecule has 0 atom stereocenters. The van der Waals surface area contributed by atoms with Gasteiger partial charge in [-0.1, -0.05) is 40.2 Å². The molecule has 2 aromatic carbocycles. The third-order valence-corrected chi connectivity index (χ3v) is 6.37. The van der Waals surface area contributed by atoms with Crippen molar-refractivity contribution in [2.24, 2.45) is 0 Å². The fourth-order valence-electron chi connectivity index (χ4n) is 4.09. The van der Waals surface area contributed by atoms with E-state index < -0.39 is 0 Å². The second-order valence-corrected chi connectivity index (χ2v) is 9.36. The summed E-state index contributed by atoms with van der Waals surface area (Å²) in [5.74, 6) is 0.763. The minimum atomic E-state index is 0.292. The Labute approximate surface area is 208 Å². The van der Waals surface area contributed by atoms with E-state index in [9.17, 15) is 5.11 Å². The highest BCUT2D eigenvalue weighted by Gasteiger charge is 2.09. The third kappa shape index (κ3) is 6.23. The van der Waals surface area contributed by atoms with Crippen LogP contribution in [0.2, 0.25) is 0 Å². The first-order valence-electron chi connectivity index (χ1n) is 11.6. The zero-order valence-electron chi connectivity index (χ0n) is 19.5. The van der Waals surface area contributed by atoms with Gasteiger partial charge in [0.1, 0.15) is 11.3 Å². The molecule has 5 rings (SSSR count). The van der Waals surface area contributed by atoms with Crippen LogP contribution in [0.25, 0.3) is 21.8 Å². The van der Waals surface area contributed by atoms with E-state index in [1.807, 2.05) is 31.3 Å². The molecule has 1 aliphatic rings. The summed E-state index contributed by atoms with van der Waals surface area (Å²) in [6.07, 6.45) is 3.65. The van der Waals surface area contributed by atoms with Crippen LogP contribution < -0.4 is 5.73 Å². The van der Waals surface area contributed by atoms with Crippen molar-refractivity contribution in [2.45, 2.75) is 19.8 Å². The largest absolute Gasteiger partial charge is 0.508 e. The smallest absolute Gasteiger partial charge is 0.150 e. The second-order valence-electron chi connectivity index (χ2n) is 8.57. The maximum Gasteiger partial charge on any atom is 0.150 e. The van der Waals surface area contributed by atoms with Crippen molar-refractivity contribution in [3.8, 4) is 5.75 Å². The molecule has 2 aromatic heterocycles. The molecule has 0 aliphatic carbocycles. The number of phenolic OH excluding ortho intramolecular Hbond substituents is 1. The molecule has 3 heterocycles. The number of aryl methyl sites for hydroxylation is 3. The van der Waals surface area contributed by atoms with E-state index in [-0.39, 0.29) is 0 Å². The van der Waals surface area contributed by atoms with Crippen LogP contribution in [0.5, 0.6) is 5.75 Å². The average molecular weight is 523 g/mol. The zero-order valence-corrected chi connectivity index (χ0v) is 21.1. The summed E-state index contributed by atoms with van der Waals surface area (Å²) in [6, 6.07) is 15.7. The minimum absolute atomic E-state index is 0.292. The number of hydrogen-bond acceptors (Lipinski definition) is 6. The van der Waals surface area contributed by atoms with Gasteiger partial charge in [-0.3, -0.25) is 9.88 Å². The minimum Gasteiger partial charge on any atom is -0.508 e. The Bertz CT molecular complexity index is 1240. The highest BCUT2D eigenvalue weighted by molar-refractivity contribution is 9.09. The van der Waals surface area contributed by atoms with Gasteiger partial charge in [0.15, 0.2) is 5.82 Å². The van der Waals surface area contributed by atoms with Gasteiger partial charge in [0, 0.05) is 41.9 Å². The third-order valence-electron chi connectivity index (χ3n) is 6.01. The van der Waals surface area contributed by atoms with Crippen LogP contribution in [0.1, 0.15) is 16.7 Å². The Morgan fingerprint density at radius 3 is 2.47 bits per heavy atom. The molecule has 3 N–H and O–H groups in total. The Morgan fingerprint density at radius 2 is 1.74 bits per heavy atom. The number of pyridine rings is 2. The molecule has 0 unspecified atom stereocenters. The molecule has 0 radical (unpaired) electrons. The summed E-state index contributed by atoms with van der Waals surface area (Å²) >= 11 is 3.40. The number of fused-ring (bicyclic) bond motifs is 3. The summed E-state index contributed by atoms with van der Waals surface area (Å²) in [7, 11) is 0. The molecule has 1 fully saturated rings. The normalized spacial score (nSPS) is 14.2. The van der Waals surface area contributed by atoms with Crippen LogP contribution in [-0.4, -0.2) is 58.2 Å². The number of nitrogens with two attached hydrogens (primary N) is 1. The predicted octanol–water partition coefficient (Wildman–Crippen LogP) is 4.88. The van der Waals surface area contributed by atoms with E-state index in [2.05, 4.69) is 49.0 Å². The molecule has 7 heteroatoms. The number of benzene rings is 2. The van der Waals surface area contributed by atoms with Gasteiger partial charge in [0.25, 0.3) is 0 Å². The highest BCUT2D eigenvalue weighted by Crippen LogP contribution is 2.28. The lowest BCUT2D eigenvalue weighted by Gasteiger charge is -2.25. The zero-order chi connectivity index (χ0) is 23.9. The SMILES string of the molecule is BrCCN1CCOCC1.Cc1ccc2c(c1)nc(N)c1ncc(CCc3ccc(O)cc3)cc12. The molecular weight excluding hydrogens is 492 g/mol. The van der Waals surface area contributed by atoms with Crippen molar-refractivity contribution < 1.29 is 9.84 Å². The first-order valence-corrected chi connectivity index (χ1v) is 12.7. The molecule has 0 saturated carbocycles. The number of nitrogen functional groups attached to an aromatic ring is 1. The first-order chi connectivity index (χ1) is 16.5. The second kappa shape index (κ2) is 11.6. The van der Waals surface area contributed by atoms with Gasteiger partial charge in [-0.2, -0.15) is 0 Å². The summed E-state index contributed by atoms with van der Waals surface area (Å²) in [4.78, 5) is 11.4. The lowest BCUT2D eigenvalue weighted by atomic mass is 10.0. The van der Waals surface area contributed by atoms with Gasteiger partial charge in [-0.25, -0.2) is 4.98 Å². The number of anilines is 1. The van der Waals surface area contributed by atoms with Crippen molar-refractivity contribution in [3.05, 3.63) is 71.4 Å². The van der Waals surface area contributed by atoms with Gasteiger partial charge in [-0.15, -0.1) is 0 Å². The monoisotopic (exact) mass is 522 g/mol. The van der Waals surface area contributed by atoms with Crippen molar-refractivity contribution in [2.75, 3.05) is 43.9 Å². The Kier molecular flexibility index (Phi) is 8.32. The van der Waals surface area contributed by atoms with Crippen LogP contribution in [0.15, 0.2) is 54.7 Å². The topological polar surface area (TPSA) is 84.5 Å². The van der Waals surface area contributed by atoms with Crippen molar-refractivity contribution in [1.82, 2.24) is 14.9 Å². The van der Waals surface area contributed by atoms with Gasteiger partial charge in [-0.05, 0) is 60.7 Å². The molecule has 0 bridgehead atoms. The number of rotatable bonds is 5. The van der Waals surface area contributed by atoms with Crippen LogP contribution in [0.4, 0.5) is 5.82 Å². The van der Waals surface area contributed by atoms with Gasteiger partial charge < -0.3 is 15.6 Å². The van der Waals surface area contributed by atoms with Crippen molar-refractivity contribution >= 4 is 43.6 Å². The number of aromatic nitrogens is 2. The van der Waals surface area contributed by atoms with Gasteiger partial charge in [0.2, 0.25) is 0 Å². The Hall–Kier alpha value is -2.74. The highest BCUT2D eigenvalue weighted by atomic mass is 79.9. The quantitative estimate of drug-likeness (QED) is 0.287. The van der Waals surface area contributed by atoms with Crippen LogP contribution in [0, 0.1) is 6.92 Å². The summed E-state index contributed by atoms with van der Waals surface area (Å²) in [6.45, 7) is 7.23. The van der Waals surface area contributed by atoms with E-state index in [4.69, 9.17) is 10.5 Å². The summed E-state index contributed by atoms with van der Waals surface area (Å²) in [5.41, 5.74) is 11.3. The van der Waals surface area contributed by atoms with E-state index in [0.29, 0.717) is 11.6 Å². The lowest BCUT2D eigenvalue weighted by molar-refractivity contribution is 0.0411. The Balaban J connectivity index is 0.000000257. The molecule has 1 aliphatic heterocycles. The van der Waals surface area contributed by atoms with Gasteiger partial charge >= 0.3 is 0 Å². The predicted molar refractivity (Wildman–Crippen MR) is 143 cm³/mol. The molecule has 1 saturated heterocycles. The fourth-order valence-corrected chi connectivity index (χ4v) is 4.60. The molecule has 6 nitrogen and oxygen atoms in total. The number of alkyl halides is 1. The standard InChI is InChI=1S/C21H19N3O.C6H12BrNO/c1-13-2-9-17-18-11-15(4-3-14-5-7-16(25)8-6-14)12-23-20(18)21(22)24-19(17)10-13;7-1-2-8-3-5-9-6-4-8/h2,5-12,25H,3-4H2,1H3,(H2,22,24);1-6H2. The number of nitrogens with zero attached hydrogens (tertiary/aromatic N) is 3. The fraction of sp³-hybridized carbons (Fsp3) is 0.333.